The van der Waals surface area contributed by atoms with Gasteiger partial charge in [-0.25, -0.2) is 4.98 Å². The van der Waals surface area contributed by atoms with Crippen LogP contribution in [0.15, 0.2) is 40.6 Å². The van der Waals surface area contributed by atoms with Gasteiger partial charge in [0, 0.05) is 46.0 Å². The van der Waals surface area contributed by atoms with Crippen molar-refractivity contribution >= 4 is 27.2 Å². The summed E-state index contributed by atoms with van der Waals surface area (Å²) in [4.78, 5) is 24.3. The van der Waals surface area contributed by atoms with Gasteiger partial charge in [0.2, 0.25) is 0 Å². The molecule has 0 amide bonds. The fourth-order valence-electron chi connectivity index (χ4n) is 4.68. The molecule has 6 heteroatoms. The highest BCUT2D eigenvalue weighted by atomic mass is 32.1. The number of aromatic nitrogens is 3. The van der Waals surface area contributed by atoms with Crippen LogP contribution in [0, 0.1) is 13.8 Å². The van der Waals surface area contributed by atoms with Crippen LogP contribution in [0.4, 0.5) is 0 Å². The standard InChI is InChI=1S/C23H26N4OS/c1-15-14-29-23-25-16(2)18(22(28)27(15)23)9-12-26-10-7-17(8-11-26)20-13-24-21-6-4-3-5-19(20)21/h3-6,13-14,17,24H,7-12H2,1-2H3. The number of aromatic amines is 1. The summed E-state index contributed by atoms with van der Waals surface area (Å²) in [6, 6.07) is 8.57. The van der Waals surface area contributed by atoms with Crippen LogP contribution in [0.3, 0.4) is 0 Å². The zero-order valence-corrected chi connectivity index (χ0v) is 17.8. The Morgan fingerprint density at radius 1 is 1.21 bits per heavy atom. The van der Waals surface area contributed by atoms with Gasteiger partial charge >= 0.3 is 0 Å². The van der Waals surface area contributed by atoms with Crippen molar-refractivity contribution in [1.82, 2.24) is 19.3 Å². The Bertz CT molecular complexity index is 1230. The Hall–Kier alpha value is -2.44. The first-order valence-corrected chi connectivity index (χ1v) is 11.2. The number of likely N-dealkylation sites (tertiary alicyclic amines) is 1. The van der Waals surface area contributed by atoms with Crippen LogP contribution in [0.2, 0.25) is 0 Å². The molecule has 4 aromatic rings. The van der Waals surface area contributed by atoms with E-state index in [9.17, 15) is 4.79 Å². The molecule has 5 nitrogen and oxygen atoms in total. The number of nitrogens with one attached hydrogen (secondary N) is 1. The first kappa shape index (κ1) is 18.6. The van der Waals surface area contributed by atoms with E-state index in [4.69, 9.17) is 0 Å². The molecule has 1 aliphatic heterocycles. The lowest BCUT2D eigenvalue weighted by atomic mass is 9.89. The molecule has 1 saturated heterocycles. The van der Waals surface area contributed by atoms with Gasteiger partial charge in [0.1, 0.15) is 0 Å². The average molecular weight is 407 g/mol. The van der Waals surface area contributed by atoms with Gasteiger partial charge in [-0.1, -0.05) is 18.2 Å². The maximum Gasteiger partial charge on any atom is 0.262 e. The monoisotopic (exact) mass is 406 g/mol. The van der Waals surface area contributed by atoms with Gasteiger partial charge in [0.05, 0.1) is 0 Å². The van der Waals surface area contributed by atoms with Crippen LogP contribution in [0.1, 0.15) is 41.3 Å². The zero-order chi connectivity index (χ0) is 20.0. The molecule has 1 fully saturated rings. The lowest BCUT2D eigenvalue weighted by Gasteiger charge is -2.32. The topological polar surface area (TPSA) is 53.4 Å². The molecule has 3 aromatic heterocycles. The number of piperidine rings is 1. The summed E-state index contributed by atoms with van der Waals surface area (Å²) in [5.74, 6) is 0.612. The number of aryl methyl sites for hydroxylation is 2. The van der Waals surface area contributed by atoms with E-state index in [1.807, 2.05) is 19.2 Å². The van der Waals surface area contributed by atoms with E-state index in [0.29, 0.717) is 5.92 Å². The molecule has 0 spiro atoms. The normalized spacial score (nSPS) is 16.2. The third-order valence-corrected chi connectivity index (χ3v) is 7.31. The molecule has 4 heterocycles. The number of hydrogen-bond donors (Lipinski definition) is 1. The second-order valence-corrected chi connectivity index (χ2v) is 8.97. The summed E-state index contributed by atoms with van der Waals surface area (Å²) in [7, 11) is 0. The molecule has 0 atom stereocenters. The summed E-state index contributed by atoms with van der Waals surface area (Å²) in [5, 5.41) is 3.36. The molecule has 5 rings (SSSR count). The van der Waals surface area contributed by atoms with Gasteiger partial charge in [-0.2, -0.15) is 0 Å². The van der Waals surface area contributed by atoms with Gasteiger partial charge < -0.3 is 9.88 Å². The molecular weight excluding hydrogens is 380 g/mol. The van der Waals surface area contributed by atoms with E-state index in [0.717, 1.165) is 48.0 Å². The SMILES string of the molecule is Cc1nc2scc(C)n2c(=O)c1CCN1CCC(c2c[nH]c3ccccc23)CC1. The van der Waals surface area contributed by atoms with Gasteiger partial charge in [-0.15, -0.1) is 11.3 Å². The minimum Gasteiger partial charge on any atom is -0.361 e. The van der Waals surface area contributed by atoms with E-state index in [-0.39, 0.29) is 5.56 Å². The lowest BCUT2D eigenvalue weighted by molar-refractivity contribution is 0.215. The molecule has 0 bridgehead atoms. The number of nitrogens with zero attached hydrogens (tertiary/aromatic N) is 3. The van der Waals surface area contributed by atoms with Crippen molar-refractivity contribution < 1.29 is 0 Å². The Balaban J connectivity index is 1.26. The van der Waals surface area contributed by atoms with Crippen LogP contribution in [0.5, 0.6) is 0 Å². The van der Waals surface area contributed by atoms with Gasteiger partial charge in [0.15, 0.2) is 4.96 Å². The minimum absolute atomic E-state index is 0.111. The second-order valence-electron chi connectivity index (χ2n) is 8.13. The third kappa shape index (κ3) is 3.30. The average Bonchev–Trinajstić information content (AvgIpc) is 3.32. The summed E-state index contributed by atoms with van der Waals surface area (Å²) in [6.07, 6.45) is 5.30. The van der Waals surface area contributed by atoms with Crippen molar-refractivity contribution in [3.05, 3.63) is 68.7 Å². The molecule has 1 aliphatic rings. The quantitative estimate of drug-likeness (QED) is 0.550. The van der Waals surface area contributed by atoms with Crippen molar-refractivity contribution in [2.45, 2.75) is 39.0 Å². The van der Waals surface area contributed by atoms with Crippen molar-refractivity contribution in [3.8, 4) is 0 Å². The second kappa shape index (κ2) is 7.43. The van der Waals surface area contributed by atoms with Crippen molar-refractivity contribution in [3.63, 3.8) is 0 Å². The third-order valence-electron chi connectivity index (χ3n) is 6.37. The largest absolute Gasteiger partial charge is 0.361 e. The number of H-pyrrole nitrogens is 1. The van der Waals surface area contributed by atoms with E-state index < -0.39 is 0 Å². The Kier molecular flexibility index (Phi) is 4.76. The summed E-state index contributed by atoms with van der Waals surface area (Å²) < 4.78 is 1.76. The molecule has 0 unspecified atom stereocenters. The highest BCUT2D eigenvalue weighted by molar-refractivity contribution is 7.15. The predicted molar refractivity (Wildman–Crippen MR) is 119 cm³/mol. The smallest absolute Gasteiger partial charge is 0.262 e. The fraction of sp³-hybridized carbons (Fsp3) is 0.391. The van der Waals surface area contributed by atoms with Gasteiger partial charge in [-0.05, 0) is 63.7 Å². The minimum atomic E-state index is 0.111. The molecule has 0 aliphatic carbocycles. The highest BCUT2D eigenvalue weighted by Gasteiger charge is 2.23. The highest BCUT2D eigenvalue weighted by Crippen LogP contribution is 2.33. The Labute approximate surface area is 174 Å². The number of para-hydroxylation sites is 1. The number of hydrogen-bond acceptors (Lipinski definition) is 4. The number of thiazole rings is 1. The number of benzene rings is 1. The summed E-state index contributed by atoms with van der Waals surface area (Å²) >= 11 is 1.54. The van der Waals surface area contributed by atoms with Crippen molar-refractivity contribution in [2.24, 2.45) is 0 Å². The first-order chi connectivity index (χ1) is 14.1. The van der Waals surface area contributed by atoms with E-state index >= 15 is 0 Å². The molecule has 1 aromatic carbocycles. The number of rotatable bonds is 4. The first-order valence-electron chi connectivity index (χ1n) is 10.4. The summed E-state index contributed by atoms with van der Waals surface area (Å²) in [5.41, 5.74) is 5.51. The molecule has 150 valence electrons. The number of fused-ring (bicyclic) bond motifs is 2. The van der Waals surface area contributed by atoms with E-state index in [2.05, 4.69) is 45.3 Å². The fourth-order valence-corrected chi connectivity index (χ4v) is 5.58. The van der Waals surface area contributed by atoms with E-state index in [1.54, 1.807) is 4.40 Å². The molecule has 0 radical (unpaired) electrons. The zero-order valence-electron chi connectivity index (χ0n) is 16.9. The summed E-state index contributed by atoms with van der Waals surface area (Å²) in [6.45, 7) is 7.03. The predicted octanol–water partition coefficient (Wildman–Crippen LogP) is 4.28. The van der Waals surface area contributed by atoms with Crippen molar-refractivity contribution in [1.29, 1.82) is 0 Å². The molecular formula is C23H26N4OS. The van der Waals surface area contributed by atoms with E-state index in [1.165, 1.54) is 40.6 Å². The lowest BCUT2D eigenvalue weighted by Crippen LogP contribution is -2.35. The van der Waals surface area contributed by atoms with Gasteiger partial charge in [0.25, 0.3) is 5.56 Å². The van der Waals surface area contributed by atoms with Crippen LogP contribution in [-0.2, 0) is 6.42 Å². The van der Waals surface area contributed by atoms with Crippen LogP contribution >= 0.6 is 11.3 Å². The molecule has 1 N–H and O–H groups in total. The molecule has 29 heavy (non-hydrogen) atoms. The Morgan fingerprint density at radius 3 is 2.83 bits per heavy atom. The van der Waals surface area contributed by atoms with Gasteiger partial charge in [-0.3, -0.25) is 9.20 Å². The molecule has 0 saturated carbocycles. The van der Waals surface area contributed by atoms with Crippen molar-refractivity contribution in [2.75, 3.05) is 19.6 Å². The van der Waals surface area contributed by atoms with Crippen LogP contribution < -0.4 is 5.56 Å². The Morgan fingerprint density at radius 2 is 2.00 bits per heavy atom. The maximum atomic E-state index is 12.9. The maximum absolute atomic E-state index is 12.9. The van der Waals surface area contributed by atoms with Crippen LogP contribution in [-0.4, -0.2) is 38.9 Å². The van der Waals surface area contributed by atoms with Crippen LogP contribution in [0.25, 0.3) is 15.9 Å².